The van der Waals surface area contributed by atoms with E-state index in [4.69, 9.17) is 14.6 Å². The van der Waals surface area contributed by atoms with E-state index in [1.54, 1.807) is 17.0 Å². The quantitative estimate of drug-likeness (QED) is 0.485. The Morgan fingerprint density at radius 1 is 1.09 bits per heavy atom. The summed E-state index contributed by atoms with van der Waals surface area (Å²) in [5.41, 5.74) is 3.56. The summed E-state index contributed by atoms with van der Waals surface area (Å²) >= 11 is 0. The number of amides is 1. The molecule has 0 N–H and O–H groups in total. The number of carbonyl (C=O) groups is 1. The lowest BCUT2D eigenvalue weighted by atomic mass is 9.92. The molecule has 3 heterocycles. The van der Waals surface area contributed by atoms with Crippen LogP contribution in [0.5, 0.6) is 11.5 Å². The maximum absolute atomic E-state index is 13.5. The maximum atomic E-state index is 13.5. The summed E-state index contributed by atoms with van der Waals surface area (Å²) in [7, 11) is 3.54. The van der Waals surface area contributed by atoms with Crippen LogP contribution in [0.4, 0.5) is 14.9 Å². The Kier molecular flexibility index (Phi) is 6.47. The van der Waals surface area contributed by atoms with E-state index in [0.717, 1.165) is 61.2 Å². The summed E-state index contributed by atoms with van der Waals surface area (Å²) in [6, 6.07) is 10.3. The molecule has 0 radical (unpaired) electrons. The number of hydrogen-bond acceptors (Lipinski definition) is 5. The highest BCUT2D eigenvalue weighted by Crippen LogP contribution is 2.45. The lowest BCUT2D eigenvalue weighted by molar-refractivity contribution is 0.175. The molecule has 184 valence electrons. The molecule has 2 aromatic carbocycles. The van der Waals surface area contributed by atoms with Gasteiger partial charge in [-0.2, -0.15) is 5.10 Å². The molecular formula is C27H31FN4O3. The van der Waals surface area contributed by atoms with Gasteiger partial charge in [0, 0.05) is 28.9 Å². The Morgan fingerprint density at radius 3 is 2.54 bits per heavy atom. The summed E-state index contributed by atoms with van der Waals surface area (Å²) in [5.74, 6) is 0.877. The average molecular weight is 479 g/mol. The Balaban J connectivity index is 1.57. The Bertz CT molecular complexity index is 1200. The topological polar surface area (TPSA) is 59.8 Å². The van der Waals surface area contributed by atoms with Crippen molar-refractivity contribution in [2.24, 2.45) is 0 Å². The number of ether oxygens (including phenoxy) is 2. The third kappa shape index (κ3) is 4.62. The van der Waals surface area contributed by atoms with Crippen LogP contribution in [0, 0.1) is 5.82 Å². The first-order valence-electron chi connectivity index (χ1n) is 12.1. The van der Waals surface area contributed by atoms with Gasteiger partial charge in [0.2, 0.25) is 0 Å². The fourth-order valence-corrected chi connectivity index (χ4v) is 5.08. The van der Waals surface area contributed by atoms with Crippen LogP contribution in [0.3, 0.4) is 0 Å². The molecule has 7 nitrogen and oxygen atoms in total. The second-order valence-corrected chi connectivity index (χ2v) is 9.47. The molecule has 1 aromatic heterocycles. The predicted molar refractivity (Wildman–Crippen MR) is 133 cm³/mol. The monoisotopic (exact) mass is 478 g/mol. The average Bonchev–Trinajstić information content (AvgIpc) is 3.35. The van der Waals surface area contributed by atoms with Crippen molar-refractivity contribution in [3.8, 4) is 22.6 Å². The standard InChI is InChI=1S/C27H31FN4O3/c1-18-4-9-24-25(32(18)27(33)34-3)11-10-23(26(24)35-22-7-5-20(28)6-8-22)19-16-29-31(17-19)21-12-14-30(2)15-13-21/h5-8,10-11,16-18,21H,4,9,12-15H2,1-3H3. The summed E-state index contributed by atoms with van der Waals surface area (Å²) in [6.45, 7) is 4.12. The van der Waals surface area contributed by atoms with Gasteiger partial charge >= 0.3 is 6.09 Å². The number of halogens is 1. The number of anilines is 1. The molecule has 1 saturated heterocycles. The number of hydrogen-bond donors (Lipinski definition) is 0. The number of benzene rings is 2. The number of nitrogens with zero attached hydrogens (tertiary/aromatic N) is 4. The van der Waals surface area contributed by atoms with Gasteiger partial charge in [-0.1, -0.05) is 0 Å². The van der Waals surface area contributed by atoms with Gasteiger partial charge < -0.3 is 14.4 Å². The third-order valence-electron chi connectivity index (χ3n) is 7.13. The van der Waals surface area contributed by atoms with E-state index in [1.165, 1.54) is 19.2 Å². The van der Waals surface area contributed by atoms with E-state index >= 15 is 0 Å². The highest BCUT2D eigenvalue weighted by molar-refractivity contribution is 5.92. The second-order valence-electron chi connectivity index (χ2n) is 9.47. The Morgan fingerprint density at radius 2 is 1.83 bits per heavy atom. The van der Waals surface area contributed by atoms with E-state index in [2.05, 4.69) is 22.8 Å². The number of carbonyl (C=O) groups excluding carboxylic acids is 1. The minimum atomic E-state index is -0.394. The predicted octanol–water partition coefficient (Wildman–Crippen LogP) is 5.66. The van der Waals surface area contributed by atoms with E-state index < -0.39 is 6.09 Å². The van der Waals surface area contributed by atoms with Gasteiger partial charge in [-0.3, -0.25) is 9.58 Å². The van der Waals surface area contributed by atoms with Crippen LogP contribution in [0.1, 0.15) is 37.8 Å². The van der Waals surface area contributed by atoms with Crippen LogP contribution in [0.25, 0.3) is 11.1 Å². The van der Waals surface area contributed by atoms with Gasteiger partial charge in [-0.15, -0.1) is 0 Å². The van der Waals surface area contributed by atoms with Gasteiger partial charge in [-0.25, -0.2) is 9.18 Å². The van der Waals surface area contributed by atoms with E-state index in [1.807, 2.05) is 25.3 Å². The first-order chi connectivity index (χ1) is 16.9. The SMILES string of the molecule is COC(=O)N1c2ccc(-c3cnn(C4CCN(C)CC4)c3)c(Oc3ccc(F)cc3)c2CCC1C. The first-order valence-corrected chi connectivity index (χ1v) is 12.1. The van der Waals surface area contributed by atoms with Gasteiger partial charge in [0.05, 0.1) is 25.0 Å². The number of fused-ring (bicyclic) bond motifs is 1. The van der Waals surface area contributed by atoms with Crippen molar-refractivity contribution in [3.63, 3.8) is 0 Å². The zero-order valence-corrected chi connectivity index (χ0v) is 20.4. The summed E-state index contributed by atoms with van der Waals surface area (Å²) in [5, 5.41) is 4.69. The number of piperidine rings is 1. The molecule has 0 saturated carbocycles. The van der Waals surface area contributed by atoms with Gasteiger partial charge in [0.25, 0.3) is 0 Å². The lowest BCUT2D eigenvalue weighted by Gasteiger charge is -2.35. The number of methoxy groups -OCH3 is 1. The van der Waals surface area contributed by atoms with Crippen LogP contribution in [0.2, 0.25) is 0 Å². The zero-order chi connectivity index (χ0) is 24.5. The normalized spacial score (nSPS) is 18.9. The smallest absolute Gasteiger partial charge is 0.414 e. The Labute approximate surface area is 205 Å². The fraction of sp³-hybridized carbons (Fsp3) is 0.407. The molecule has 8 heteroatoms. The minimum Gasteiger partial charge on any atom is -0.456 e. The molecule has 1 unspecified atom stereocenters. The third-order valence-corrected chi connectivity index (χ3v) is 7.13. The van der Waals surface area contributed by atoms with E-state index in [0.29, 0.717) is 17.5 Å². The highest BCUT2D eigenvalue weighted by Gasteiger charge is 2.32. The number of likely N-dealkylation sites (tertiary alicyclic amines) is 1. The van der Waals surface area contributed by atoms with Crippen molar-refractivity contribution in [2.45, 2.75) is 44.7 Å². The molecule has 5 rings (SSSR count). The van der Waals surface area contributed by atoms with Crippen LogP contribution < -0.4 is 9.64 Å². The van der Waals surface area contributed by atoms with Crippen molar-refractivity contribution in [2.75, 3.05) is 32.1 Å². The lowest BCUT2D eigenvalue weighted by Crippen LogP contribution is -2.42. The molecule has 1 fully saturated rings. The Hall–Kier alpha value is -3.39. The van der Waals surface area contributed by atoms with Crippen molar-refractivity contribution >= 4 is 11.8 Å². The number of rotatable bonds is 4. The zero-order valence-electron chi connectivity index (χ0n) is 20.4. The van der Waals surface area contributed by atoms with Crippen LogP contribution in [-0.4, -0.2) is 54.1 Å². The fourth-order valence-electron chi connectivity index (χ4n) is 5.08. The van der Waals surface area contributed by atoms with Crippen molar-refractivity contribution in [3.05, 3.63) is 60.2 Å². The van der Waals surface area contributed by atoms with Crippen LogP contribution in [0.15, 0.2) is 48.8 Å². The van der Waals surface area contributed by atoms with E-state index in [-0.39, 0.29) is 11.9 Å². The second kappa shape index (κ2) is 9.70. The minimum absolute atomic E-state index is 0.00616. The molecule has 1 amide bonds. The van der Waals surface area contributed by atoms with Gasteiger partial charge in [-0.05, 0) is 89.1 Å². The first kappa shape index (κ1) is 23.4. The van der Waals surface area contributed by atoms with Crippen LogP contribution in [-0.2, 0) is 11.2 Å². The molecular weight excluding hydrogens is 447 g/mol. The maximum Gasteiger partial charge on any atom is 0.414 e. The molecule has 0 bridgehead atoms. The van der Waals surface area contributed by atoms with Gasteiger partial charge in [0.1, 0.15) is 17.3 Å². The molecule has 2 aliphatic heterocycles. The molecule has 2 aliphatic rings. The van der Waals surface area contributed by atoms with Gasteiger partial charge in [0.15, 0.2) is 0 Å². The molecule has 3 aromatic rings. The summed E-state index contributed by atoms with van der Waals surface area (Å²) in [4.78, 5) is 16.6. The molecule has 35 heavy (non-hydrogen) atoms. The molecule has 0 aliphatic carbocycles. The molecule has 0 spiro atoms. The highest BCUT2D eigenvalue weighted by atomic mass is 19.1. The largest absolute Gasteiger partial charge is 0.456 e. The molecule has 1 atom stereocenters. The summed E-state index contributed by atoms with van der Waals surface area (Å²) < 4.78 is 27.1. The summed E-state index contributed by atoms with van der Waals surface area (Å²) in [6.07, 6.45) is 7.21. The van der Waals surface area contributed by atoms with Crippen molar-refractivity contribution < 1.29 is 18.7 Å². The van der Waals surface area contributed by atoms with Crippen LogP contribution >= 0.6 is 0 Å². The van der Waals surface area contributed by atoms with E-state index in [9.17, 15) is 9.18 Å². The van der Waals surface area contributed by atoms with Crippen molar-refractivity contribution in [1.82, 2.24) is 14.7 Å². The van der Waals surface area contributed by atoms with Crippen molar-refractivity contribution in [1.29, 1.82) is 0 Å². The number of aromatic nitrogens is 2.